The lowest BCUT2D eigenvalue weighted by atomic mass is 10.1. The lowest BCUT2D eigenvalue weighted by molar-refractivity contribution is -0.384. The molecule has 1 saturated heterocycles. The van der Waals surface area contributed by atoms with Crippen LogP contribution in [0, 0.1) is 10.1 Å². The number of imide groups is 2. The smallest absolute Gasteiger partial charge is 0.331 e. The minimum Gasteiger partial charge on any atom is -0.372 e. The van der Waals surface area contributed by atoms with Crippen molar-refractivity contribution in [3.63, 3.8) is 0 Å². The molecule has 138 valence electrons. The van der Waals surface area contributed by atoms with Gasteiger partial charge in [0, 0.05) is 26.7 Å². The van der Waals surface area contributed by atoms with E-state index in [0.717, 1.165) is 11.3 Å². The lowest BCUT2D eigenvalue weighted by Gasteiger charge is -2.26. The third kappa shape index (κ3) is 3.88. The maximum atomic E-state index is 12.5. The number of benzene rings is 1. The van der Waals surface area contributed by atoms with E-state index in [9.17, 15) is 24.5 Å². The van der Waals surface area contributed by atoms with E-state index in [-0.39, 0.29) is 17.8 Å². The highest BCUT2D eigenvalue weighted by Crippen LogP contribution is 2.29. The van der Waals surface area contributed by atoms with Gasteiger partial charge in [0.2, 0.25) is 0 Å². The number of unbranched alkanes of at least 4 members (excludes halogenated alkanes) is 1. The number of nitrogens with one attached hydrogen (secondary N) is 1. The summed E-state index contributed by atoms with van der Waals surface area (Å²) < 4.78 is 0. The van der Waals surface area contributed by atoms with Crippen molar-refractivity contribution in [3.8, 4) is 0 Å². The molecule has 4 amide bonds. The Morgan fingerprint density at radius 2 is 1.96 bits per heavy atom. The van der Waals surface area contributed by atoms with Crippen LogP contribution in [0.3, 0.4) is 0 Å². The predicted octanol–water partition coefficient (Wildman–Crippen LogP) is 1.92. The van der Waals surface area contributed by atoms with Crippen LogP contribution in [0.1, 0.15) is 25.3 Å². The zero-order chi connectivity index (χ0) is 19.4. The second-order valence-electron chi connectivity index (χ2n) is 6.03. The summed E-state index contributed by atoms with van der Waals surface area (Å²) in [6.45, 7) is 2.12. The fraction of sp³-hybridized carbons (Fsp3) is 0.353. The molecule has 1 aliphatic heterocycles. The van der Waals surface area contributed by atoms with Gasteiger partial charge in [0.05, 0.1) is 4.92 Å². The number of nitrogens with zero attached hydrogens (tertiary/aromatic N) is 3. The summed E-state index contributed by atoms with van der Waals surface area (Å²) >= 11 is 0. The molecule has 0 saturated carbocycles. The molecule has 0 unspecified atom stereocenters. The number of anilines is 1. The SMILES string of the molecule is CCCCN1C(=O)NC(=O)/C(=C\c2ccc(N(C)C)c([N+](=O)[O-])c2)C1=O. The Labute approximate surface area is 150 Å². The van der Waals surface area contributed by atoms with Crippen molar-refractivity contribution >= 4 is 35.3 Å². The van der Waals surface area contributed by atoms with E-state index < -0.39 is 22.8 Å². The van der Waals surface area contributed by atoms with E-state index in [1.54, 1.807) is 25.1 Å². The third-order valence-electron chi connectivity index (χ3n) is 3.91. The second-order valence-corrected chi connectivity index (χ2v) is 6.03. The number of hydrogen-bond donors (Lipinski definition) is 1. The largest absolute Gasteiger partial charge is 0.372 e. The molecule has 26 heavy (non-hydrogen) atoms. The van der Waals surface area contributed by atoms with Gasteiger partial charge in [-0.3, -0.25) is 29.9 Å². The number of carbonyl (C=O) groups excluding carboxylic acids is 3. The summed E-state index contributed by atoms with van der Waals surface area (Å²) in [6, 6.07) is 3.65. The van der Waals surface area contributed by atoms with E-state index in [0.29, 0.717) is 17.7 Å². The Kier molecular flexibility index (Phi) is 5.71. The Morgan fingerprint density at radius 3 is 2.54 bits per heavy atom. The molecule has 0 atom stereocenters. The van der Waals surface area contributed by atoms with E-state index in [2.05, 4.69) is 5.32 Å². The first kappa shape index (κ1) is 19.1. The van der Waals surface area contributed by atoms with Gasteiger partial charge in [0.1, 0.15) is 11.3 Å². The number of barbiturate groups is 1. The lowest BCUT2D eigenvalue weighted by Crippen LogP contribution is -2.54. The maximum absolute atomic E-state index is 12.5. The average molecular weight is 360 g/mol. The number of nitro groups is 1. The molecule has 0 aliphatic carbocycles. The van der Waals surface area contributed by atoms with Crippen LogP contribution in [-0.4, -0.2) is 48.3 Å². The van der Waals surface area contributed by atoms with Crippen molar-refractivity contribution in [1.29, 1.82) is 0 Å². The van der Waals surface area contributed by atoms with Gasteiger partial charge in [0.15, 0.2) is 0 Å². The van der Waals surface area contributed by atoms with Crippen molar-refractivity contribution in [2.24, 2.45) is 0 Å². The molecule has 0 aromatic heterocycles. The summed E-state index contributed by atoms with van der Waals surface area (Å²) in [5.41, 5.74) is 0.349. The summed E-state index contributed by atoms with van der Waals surface area (Å²) in [5.74, 6) is -1.52. The molecule has 2 rings (SSSR count). The highest BCUT2D eigenvalue weighted by atomic mass is 16.6. The normalized spacial score (nSPS) is 16.0. The van der Waals surface area contributed by atoms with Crippen molar-refractivity contribution in [2.75, 3.05) is 25.5 Å². The molecule has 1 aromatic rings. The van der Waals surface area contributed by atoms with Crippen LogP contribution >= 0.6 is 0 Å². The summed E-state index contributed by atoms with van der Waals surface area (Å²) in [5, 5.41) is 13.4. The van der Waals surface area contributed by atoms with Crippen molar-refractivity contribution < 1.29 is 19.3 Å². The highest BCUT2D eigenvalue weighted by molar-refractivity contribution is 6.31. The quantitative estimate of drug-likeness (QED) is 0.359. The minimum atomic E-state index is -0.813. The number of nitro benzene ring substituents is 1. The molecule has 0 spiro atoms. The van der Waals surface area contributed by atoms with E-state index in [1.165, 1.54) is 18.2 Å². The van der Waals surface area contributed by atoms with Gasteiger partial charge in [-0.1, -0.05) is 19.4 Å². The van der Waals surface area contributed by atoms with Crippen LogP contribution in [0.5, 0.6) is 0 Å². The Balaban J connectivity index is 2.42. The zero-order valence-corrected chi connectivity index (χ0v) is 14.8. The van der Waals surface area contributed by atoms with Gasteiger partial charge in [-0.05, 0) is 24.1 Å². The average Bonchev–Trinajstić information content (AvgIpc) is 2.58. The number of hydrogen-bond acceptors (Lipinski definition) is 6. The molecule has 1 aromatic carbocycles. The molecular weight excluding hydrogens is 340 g/mol. The summed E-state index contributed by atoms with van der Waals surface area (Å²) in [6.07, 6.45) is 2.65. The van der Waals surface area contributed by atoms with Gasteiger partial charge < -0.3 is 4.90 Å². The van der Waals surface area contributed by atoms with Gasteiger partial charge in [-0.2, -0.15) is 0 Å². The van der Waals surface area contributed by atoms with Crippen molar-refractivity contribution in [1.82, 2.24) is 10.2 Å². The predicted molar refractivity (Wildman–Crippen MR) is 95.6 cm³/mol. The number of urea groups is 1. The monoisotopic (exact) mass is 360 g/mol. The second kappa shape index (κ2) is 7.77. The van der Waals surface area contributed by atoms with Gasteiger partial charge >= 0.3 is 6.03 Å². The summed E-state index contributed by atoms with van der Waals surface area (Å²) in [7, 11) is 3.35. The fourth-order valence-electron chi connectivity index (χ4n) is 2.53. The molecule has 0 bridgehead atoms. The fourth-order valence-corrected chi connectivity index (χ4v) is 2.53. The number of rotatable bonds is 6. The molecule has 1 heterocycles. The molecule has 9 heteroatoms. The van der Waals surface area contributed by atoms with E-state index in [1.807, 2.05) is 6.92 Å². The third-order valence-corrected chi connectivity index (χ3v) is 3.91. The van der Waals surface area contributed by atoms with Gasteiger partial charge in [0.25, 0.3) is 17.5 Å². The molecule has 0 radical (unpaired) electrons. The first-order chi connectivity index (χ1) is 12.3. The van der Waals surface area contributed by atoms with Crippen LogP contribution in [0.2, 0.25) is 0 Å². The number of amides is 4. The maximum Gasteiger partial charge on any atom is 0.331 e. The standard InChI is InChI=1S/C17H20N4O5/c1-4-5-8-20-16(23)12(15(22)18-17(20)24)9-11-6-7-13(19(2)3)14(10-11)21(25)26/h6-7,9-10H,4-5,8H2,1-3H3,(H,18,22,24)/b12-9+. The molecule has 1 N–H and O–H groups in total. The first-order valence-electron chi connectivity index (χ1n) is 8.11. The van der Waals surface area contributed by atoms with Crippen LogP contribution in [-0.2, 0) is 9.59 Å². The molecule has 1 aliphatic rings. The Morgan fingerprint density at radius 1 is 1.27 bits per heavy atom. The number of carbonyl (C=O) groups is 3. The van der Waals surface area contributed by atoms with Crippen LogP contribution < -0.4 is 10.2 Å². The molecule has 1 fully saturated rings. The zero-order valence-electron chi connectivity index (χ0n) is 14.8. The van der Waals surface area contributed by atoms with Crippen LogP contribution in [0.15, 0.2) is 23.8 Å². The van der Waals surface area contributed by atoms with Crippen LogP contribution in [0.25, 0.3) is 6.08 Å². The van der Waals surface area contributed by atoms with E-state index in [4.69, 9.17) is 0 Å². The molecular formula is C17H20N4O5. The molecule has 9 nitrogen and oxygen atoms in total. The van der Waals surface area contributed by atoms with Gasteiger partial charge in [-0.15, -0.1) is 0 Å². The Hall–Kier alpha value is -3.23. The van der Waals surface area contributed by atoms with Crippen LogP contribution in [0.4, 0.5) is 16.2 Å². The summed E-state index contributed by atoms with van der Waals surface area (Å²) in [4.78, 5) is 49.7. The highest BCUT2D eigenvalue weighted by Gasteiger charge is 2.35. The van der Waals surface area contributed by atoms with Gasteiger partial charge in [-0.25, -0.2) is 4.79 Å². The van der Waals surface area contributed by atoms with E-state index >= 15 is 0 Å². The van der Waals surface area contributed by atoms with Crippen molar-refractivity contribution in [2.45, 2.75) is 19.8 Å². The topological polar surface area (TPSA) is 113 Å². The van der Waals surface area contributed by atoms with Crippen molar-refractivity contribution in [3.05, 3.63) is 39.4 Å². The first-order valence-corrected chi connectivity index (χ1v) is 8.11. The Bertz CT molecular complexity index is 800. The minimum absolute atomic E-state index is 0.146.